The van der Waals surface area contributed by atoms with Crippen molar-refractivity contribution in [3.05, 3.63) is 11.8 Å². The number of aliphatic hydroxyl groups is 1. The first-order valence-corrected chi connectivity index (χ1v) is 3.47. The highest BCUT2D eigenvalue weighted by Crippen LogP contribution is 2.22. The van der Waals surface area contributed by atoms with Crippen LogP contribution in [0, 0.1) is 0 Å². The minimum absolute atomic E-state index is 0.143. The van der Waals surface area contributed by atoms with Crippen LogP contribution in [-0.4, -0.2) is 33.2 Å². The zero-order valence-electron chi connectivity index (χ0n) is 6.52. The molecule has 2 amide bonds. The molecule has 66 valence electrons. The van der Waals surface area contributed by atoms with Crippen molar-refractivity contribution in [2.75, 3.05) is 0 Å². The van der Waals surface area contributed by atoms with Gasteiger partial charge in [-0.2, -0.15) is 0 Å². The van der Waals surface area contributed by atoms with Crippen LogP contribution in [-0.2, 0) is 4.79 Å². The third kappa shape index (κ3) is 1.13. The summed E-state index contributed by atoms with van der Waals surface area (Å²) in [6.07, 6.45) is -0.326. The molecule has 0 aromatic carbocycles. The Kier molecular flexibility index (Phi) is 2.03. The van der Waals surface area contributed by atoms with Crippen molar-refractivity contribution < 1.29 is 19.8 Å². The maximum Gasteiger partial charge on any atom is 0.414 e. The molecule has 0 saturated carbocycles. The normalized spacial score (nSPS) is 26.8. The van der Waals surface area contributed by atoms with E-state index in [9.17, 15) is 9.59 Å². The molecule has 0 spiro atoms. The van der Waals surface area contributed by atoms with E-state index < -0.39 is 12.0 Å². The number of nitrogens with zero attached hydrogens (tertiary/aromatic N) is 1. The molecule has 1 aliphatic heterocycles. The van der Waals surface area contributed by atoms with Gasteiger partial charge in [0.05, 0.1) is 11.8 Å². The molecule has 2 N–H and O–H groups in total. The van der Waals surface area contributed by atoms with Crippen LogP contribution >= 0.6 is 0 Å². The van der Waals surface area contributed by atoms with Gasteiger partial charge in [-0.15, -0.1) is 0 Å². The quantitative estimate of drug-likeness (QED) is 0.416. The van der Waals surface area contributed by atoms with Crippen LogP contribution in [0.5, 0.6) is 0 Å². The van der Waals surface area contributed by atoms with Gasteiger partial charge < -0.3 is 10.2 Å². The maximum atomic E-state index is 11.1. The predicted molar refractivity (Wildman–Crippen MR) is 39.7 cm³/mol. The number of aliphatic hydroxyl groups excluding tert-OH is 1. The molecule has 1 saturated heterocycles. The second-order valence-corrected chi connectivity index (χ2v) is 2.67. The number of carboxylic acid groups (broad SMARTS) is 1. The molecule has 1 unspecified atom stereocenters. The lowest BCUT2D eigenvalue weighted by Gasteiger charge is -2.13. The van der Waals surface area contributed by atoms with Gasteiger partial charge in [-0.05, 0) is 6.92 Å². The van der Waals surface area contributed by atoms with Crippen molar-refractivity contribution in [2.45, 2.75) is 19.4 Å². The number of carbonyl (C=O) groups excluding carboxylic acids is 1. The lowest BCUT2D eigenvalue weighted by atomic mass is 10.2. The topological polar surface area (TPSA) is 77.8 Å². The molecule has 5 nitrogen and oxygen atoms in total. The molecular weight excluding hydrogens is 162 g/mol. The van der Waals surface area contributed by atoms with Crippen LogP contribution in [0.15, 0.2) is 11.8 Å². The Balaban J connectivity index is 2.92. The van der Waals surface area contributed by atoms with Gasteiger partial charge in [-0.1, -0.05) is 0 Å². The highest BCUT2D eigenvalue weighted by molar-refractivity contribution is 6.04. The van der Waals surface area contributed by atoms with Crippen molar-refractivity contribution in [3.63, 3.8) is 0 Å². The third-order valence-electron chi connectivity index (χ3n) is 1.81. The number of carbonyl (C=O) groups is 2. The fourth-order valence-corrected chi connectivity index (χ4v) is 1.24. The van der Waals surface area contributed by atoms with E-state index in [0.29, 0.717) is 11.2 Å². The van der Waals surface area contributed by atoms with E-state index in [1.165, 1.54) is 0 Å². The van der Waals surface area contributed by atoms with Crippen LogP contribution in [0.1, 0.15) is 13.3 Å². The summed E-state index contributed by atoms with van der Waals surface area (Å²) >= 11 is 0. The predicted octanol–water partition coefficient (Wildman–Crippen LogP) is 0.727. The first kappa shape index (κ1) is 8.58. The van der Waals surface area contributed by atoms with Crippen molar-refractivity contribution in [1.29, 1.82) is 0 Å². The van der Waals surface area contributed by atoms with Crippen LogP contribution in [0.3, 0.4) is 0 Å². The molecule has 1 fully saturated rings. The Hall–Kier alpha value is -1.52. The van der Waals surface area contributed by atoms with Gasteiger partial charge in [0.2, 0.25) is 0 Å². The summed E-state index contributed by atoms with van der Waals surface area (Å²) in [5, 5.41) is 17.1. The molecule has 0 radical (unpaired) electrons. The summed E-state index contributed by atoms with van der Waals surface area (Å²) in [4.78, 5) is 22.3. The zero-order chi connectivity index (χ0) is 9.30. The smallest absolute Gasteiger partial charge is 0.414 e. The molecule has 1 atom stereocenters. The summed E-state index contributed by atoms with van der Waals surface area (Å²) in [6, 6.07) is -0.381. The highest BCUT2D eigenvalue weighted by atomic mass is 16.4. The Morgan fingerprint density at radius 1 is 1.75 bits per heavy atom. The Morgan fingerprint density at radius 3 is 2.58 bits per heavy atom. The summed E-state index contributed by atoms with van der Waals surface area (Å²) in [6.45, 7) is 1.61. The second kappa shape index (κ2) is 2.84. The average molecular weight is 171 g/mol. The number of hydrogen-bond donors (Lipinski definition) is 2. The third-order valence-corrected chi connectivity index (χ3v) is 1.81. The van der Waals surface area contributed by atoms with Crippen molar-refractivity contribution in [1.82, 2.24) is 4.90 Å². The molecule has 1 rings (SSSR count). The lowest BCUT2D eigenvalue weighted by molar-refractivity contribution is -0.124. The molecule has 12 heavy (non-hydrogen) atoms. The lowest BCUT2D eigenvalue weighted by Crippen LogP contribution is -2.35. The van der Waals surface area contributed by atoms with Gasteiger partial charge in [-0.25, -0.2) is 9.69 Å². The van der Waals surface area contributed by atoms with Crippen molar-refractivity contribution in [3.8, 4) is 0 Å². The van der Waals surface area contributed by atoms with E-state index in [2.05, 4.69) is 0 Å². The van der Waals surface area contributed by atoms with Gasteiger partial charge in [0.25, 0.3) is 5.91 Å². The van der Waals surface area contributed by atoms with Crippen LogP contribution in [0.2, 0.25) is 0 Å². The van der Waals surface area contributed by atoms with E-state index in [1.54, 1.807) is 6.92 Å². The van der Waals surface area contributed by atoms with Gasteiger partial charge in [0.1, 0.15) is 0 Å². The van der Waals surface area contributed by atoms with Crippen LogP contribution in [0.4, 0.5) is 4.79 Å². The molecule has 5 heteroatoms. The van der Waals surface area contributed by atoms with Gasteiger partial charge >= 0.3 is 6.09 Å². The van der Waals surface area contributed by atoms with Gasteiger partial charge in [-0.3, -0.25) is 4.79 Å². The SMILES string of the molecule is CC1C/C(=C/O)C(=O)N1C(=O)O. The van der Waals surface area contributed by atoms with Crippen molar-refractivity contribution >= 4 is 12.0 Å². The fraction of sp³-hybridized carbons (Fsp3) is 0.429. The average Bonchev–Trinajstić information content (AvgIpc) is 2.25. The highest BCUT2D eigenvalue weighted by Gasteiger charge is 2.36. The summed E-state index contributed by atoms with van der Waals surface area (Å²) < 4.78 is 0. The first-order valence-electron chi connectivity index (χ1n) is 3.47. The standard InChI is InChI=1S/C7H9NO4/c1-4-2-5(3-9)6(10)8(4)7(11)12/h3-4,9H,2H2,1H3,(H,11,12)/b5-3-. The summed E-state index contributed by atoms with van der Waals surface area (Å²) in [5.74, 6) is -0.627. The monoisotopic (exact) mass is 171 g/mol. The van der Waals surface area contributed by atoms with E-state index in [-0.39, 0.29) is 18.0 Å². The van der Waals surface area contributed by atoms with E-state index in [1.807, 2.05) is 0 Å². The second-order valence-electron chi connectivity index (χ2n) is 2.67. The van der Waals surface area contributed by atoms with E-state index >= 15 is 0 Å². The van der Waals surface area contributed by atoms with Crippen LogP contribution < -0.4 is 0 Å². The molecule has 0 aliphatic carbocycles. The fourth-order valence-electron chi connectivity index (χ4n) is 1.24. The zero-order valence-corrected chi connectivity index (χ0v) is 6.52. The number of amides is 2. The summed E-state index contributed by atoms with van der Waals surface area (Å²) in [5.41, 5.74) is 0.143. The number of rotatable bonds is 0. The van der Waals surface area contributed by atoms with E-state index in [4.69, 9.17) is 10.2 Å². The van der Waals surface area contributed by atoms with E-state index in [0.717, 1.165) is 0 Å². The molecule has 0 aromatic heterocycles. The largest absolute Gasteiger partial charge is 0.515 e. The Labute approximate surface area is 68.9 Å². The molecule has 0 bridgehead atoms. The minimum Gasteiger partial charge on any atom is -0.515 e. The van der Waals surface area contributed by atoms with Crippen molar-refractivity contribution in [2.24, 2.45) is 0 Å². The maximum absolute atomic E-state index is 11.1. The Bertz CT molecular complexity index is 258. The van der Waals surface area contributed by atoms with Gasteiger partial charge in [0, 0.05) is 12.5 Å². The van der Waals surface area contributed by atoms with Gasteiger partial charge in [0.15, 0.2) is 0 Å². The van der Waals surface area contributed by atoms with Crippen LogP contribution in [0.25, 0.3) is 0 Å². The number of imide groups is 1. The summed E-state index contributed by atoms with van der Waals surface area (Å²) in [7, 11) is 0. The number of likely N-dealkylation sites (tertiary alicyclic amines) is 1. The molecular formula is C7H9NO4. The minimum atomic E-state index is -1.27. The first-order chi connectivity index (χ1) is 5.57. The molecule has 0 aromatic rings. The Morgan fingerprint density at radius 2 is 2.33 bits per heavy atom. The number of hydrogen-bond acceptors (Lipinski definition) is 3. The molecule has 1 heterocycles. The molecule has 1 aliphatic rings.